The number of carbonyl (C=O) groups is 1. The Labute approximate surface area is 108 Å². The van der Waals surface area contributed by atoms with Gasteiger partial charge >= 0.3 is 0 Å². The first kappa shape index (κ1) is 12.9. The maximum absolute atomic E-state index is 11.2. The zero-order chi connectivity index (χ0) is 12.8. The summed E-state index contributed by atoms with van der Waals surface area (Å²) in [7, 11) is 1.65. The van der Waals surface area contributed by atoms with Crippen molar-refractivity contribution >= 4 is 11.6 Å². The molecule has 2 rings (SSSR count). The molecule has 0 aromatic heterocycles. The molecule has 1 heterocycles. The van der Waals surface area contributed by atoms with E-state index in [1.54, 1.807) is 7.05 Å². The Morgan fingerprint density at radius 3 is 2.78 bits per heavy atom. The summed E-state index contributed by atoms with van der Waals surface area (Å²) in [6.07, 6.45) is 2.70. The fraction of sp³-hybridized carbons (Fsp3) is 0.500. The molecule has 1 aliphatic rings. The van der Waals surface area contributed by atoms with Gasteiger partial charge in [-0.2, -0.15) is 0 Å². The quantitative estimate of drug-likeness (QED) is 0.850. The zero-order valence-electron chi connectivity index (χ0n) is 10.7. The number of rotatable bonds is 4. The van der Waals surface area contributed by atoms with Crippen LogP contribution in [0.2, 0.25) is 0 Å². The molecular formula is C14H20N2O2. The molecule has 1 fully saturated rings. The number of amides is 1. The van der Waals surface area contributed by atoms with Crippen LogP contribution in [0.3, 0.4) is 0 Å². The standard InChI is InChI=1S/C14H20N2O2/c1-15-14(17)9-11-4-6-12(7-5-11)16-13-3-2-8-18-10-13/h4-7,13,16H,2-3,8-10H2,1H3,(H,15,17). The lowest BCUT2D eigenvalue weighted by Crippen LogP contribution is -2.29. The Balaban J connectivity index is 1.88. The van der Waals surface area contributed by atoms with Gasteiger partial charge in [0.25, 0.3) is 0 Å². The van der Waals surface area contributed by atoms with E-state index in [1.807, 2.05) is 24.3 Å². The molecule has 1 aliphatic heterocycles. The van der Waals surface area contributed by atoms with E-state index in [4.69, 9.17) is 4.74 Å². The van der Waals surface area contributed by atoms with Crippen LogP contribution in [0.15, 0.2) is 24.3 Å². The third kappa shape index (κ3) is 3.74. The van der Waals surface area contributed by atoms with E-state index in [1.165, 1.54) is 0 Å². The minimum absolute atomic E-state index is 0.0383. The highest BCUT2D eigenvalue weighted by Crippen LogP contribution is 2.15. The van der Waals surface area contributed by atoms with Crippen LogP contribution in [0.25, 0.3) is 0 Å². The van der Waals surface area contributed by atoms with Gasteiger partial charge in [0.2, 0.25) is 5.91 Å². The van der Waals surface area contributed by atoms with Gasteiger partial charge in [-0.3, -0.25) is 4.79 Å². The third-order valence-corrected chi connectivity index (χ3v) is 3.13. The van der Waals surface area contributed by atoms with Crippen molar-refractivity contribution in [1.29, 1.82) is 0 Å². The molecule has 0 spiro atoms. The van der Waals surface area contributed by atoms with Gasteiger partial charge in [0, 0.05) is 25.4 Å². The molecule has 98 valence electrons. The minimum atomic E-state index is 0.0383. The Bertz CT molecular complexity index is 383. The summed E-state index contributed by atoms with van der Waals surface area (Å²) in [5.41, 5.74) is 2.12. The molecular weight excluding hydrogens is 228 g/mol. The minimum Gasteiger partial charge on any atom is -0.380 e. The van der Waals surface area contributed by atoms with Crippen molar-refractivity contribution in [2.75, 3.05) is 25.6 Å². The van der Waals surface area contributed by atoms with Crippen LogP contribution >= 0.6 is 0 Å². The average molecular weight is 248 g/mol. The van der Waals surface area contributed by atoms with Crippen molar-refractivity contribution in [1.82, 2.24) is 5.32 Å². The molecule has 2 N–H and O–H groups in total. The summed E-state index contributed by atoms with van der Waals surface area (Å²) in [6, 6.07) is 8.42. The fourth-order valence-electron chi connectivity index (χ4n) is 2.08. The van der Waals surface area contributed by atoms with E-state index in [2.05, 4.69) is 10.6 Å². The van der Waals surface area contributed by atoms with Gasteiger partial charge < -0.3 is 15.4 Å². The van der Waals surface area contributed by atoms with E-state index in [0.717, 1.165) is 37.3 Å². The fourth-order valence-corrected chi connectivity index (χ4v) is 2.08. The van der Waals surface area contributed by atoms with Crippen molar-refractivity contribution in [3.8, 4) is 0 Å². The normalized spacial score (nSPS) is 19.3. The summed E-state index contributed by atoms with van der Waals surface area (Å²) in [4.78, 5) is 11.2. The van der Waals surface area contributed by atoms with Gasteiger partial charge in [-0.05, 0) is 30.5 Å². The molecule has 4 heteroatoms. The molecule has 0 radical (unpaired) electrons. The van der Waals surface area contributed by atoms with Crippen molar-refractivity contribution in [3.05, 3.63) is 29.8 Å². The van der Waals surface area contributed by atoms with Crippen LogP contribution in [0, 0.1) is 0 Å². The summed E-state index contributed by atoms with van der Waals surface area (Å²) >= 11 is 0. The highest BCUT2D eigenvalue weighted by molar-refractivity contribution is 5.78. The van der Waals surface area contributed by atoms with E-state index in [-0.39, 0.29) is 5.91 Å². The van der Waals surface area contributed by atoms with Crippen LogP contribution in [0.5, 0.6) is 0 Å². The van der Waals surface area contributed by atoms with Gasteiger partial charge in [0.1, 0.15) is 0 Å². The molecule has 0 bridgehead atoms. The van der Waals surface area contributed by atoms with Crippen LogP contribution in [-0.2, 0) is 16.0 Å². The van der Waals surface area contributed by atoms with Gasteiger partial charge in [0.15, 0.2) is 0 Å². The van der Waals surface area contributed by atoms with Crippen molar-refractivity contribution in [2.24, 2.45) is 0 Å². The largest absolute Gasteiger partial charge is 0.380 e. The smallest absolute Gasteiger partial charge is 0.224 e. The lowest BCUT2D eigenvalue weighted by atomic mass is 10.1. The highest BCUT2D eigenvalue weighted by atomic mass is 16.5. The predicted molar refractivity (Wildman–Crippen MR) is 71.7 cm³/mol. The van der Waals surface area contributed by atoms with Crippen LogP contribution in [-0.4, -0.2) is 32.2 Å². The van der Waals surface area contributed by atoms with Crippen molar-refractivity contribution in [2.45, 2.75) is 25.3 Å². The summed E-state index contributed by atoms with van der Waals surface area (Å²) < 4.78 is 5.43. The van der Waals surface area contributed by atoms with E-state index in [0.29, 0.717) is 12.5 Å². The summed E-state index contributed by atoms with van der Waals surface area (Å²) in [6.45, 7) is 1.66. The Hall–Kier alpha value is -1.55. The monoisotopic (exact) mass is 248 g/mol. The van der Waals surface area contributed by atoms with Crippen LogP contribution in [0.4, 0.5) is 5.69 Å². The summed E-state index contributed by atoms with van der Waals surface area (Å²) in [5.74, 6) is 0.0383. The number of ether oxygens (including phenoxy) is 1. The highest BCUT2D eigenvalue weighted by Gasteiger charge is 2.13. The second-order valence-electron chi connectivity index (χ2n) is 4.61. The molecule has 1 saturated heterocycles. The molecule has 1 unspecified atom stereocenters. The first-order valence-corrected chi connectivity index (χ1v) is 6.42. The lowest BCUT2D eigenvalue weighted by Gasteiger charge is -2.24. The molecule has 1 atom stereocenters. The number of benzene rings is 1. The predicted octanol–water partition coefficient (Wildman–Crippen LogP) is 1.57. The third-order valence-electron chi connectivity index (χ3n) is 3.13. The first-order chi connectivity index (χ1) is 8.78. The Kier molecular flexibility index (Phi) is 4.59. The maximum atomic E-state index is 11.2. The second kappa shape index (κ2) is 6.40. The number of likely N-dealkylation sites (N-methyl/N-ethyl adjacent to an activating group) is 1. The van der Waals surface area contributed by atoms with Crippen LogP contribution < -0.4 is 10.6 Å². The van der Waals surface area contributed by atoms with E-state index in [9.17, 15) is 4.79 Å². The van der Waals surface area contributed by atoms with Gasteiger partial charge in [-0.1, -0.05) is 12.1 Å². The van der Waals surface area contributed by atoms with Crippen molar-refractivity contribution in [3.63, 3.8) is 0 Å². The second-order valence-corrected chi connectivity index (χ2v) is 4.61. The molecule has 4 nitrogen and oxygen atoms in total. The zero-order valence-corrected chi connectivity index (χ0v) is 10.7. The van der Waals surface area contributed by atoms with Crippen LogP contribution in [0.1, 0.15) is 18.4 Å². The molecule has 0 saturated carbocycles. The number of anilines is 1. The maximum Gasteiger partial charge on any atom is 0.224 e. The molecule has 1 aromatic rings. The molecule has 1 aromatic carbocycles. The number of hydrogen-bond donors (Lipinski definition) is 2. The Morgan fingerprint density at radius 1 is 1.39 bits per heavy atom. The molecule has 0 aliphatic carbocycles. The van der Waals surface area contributed by atoms with Crippen molar-refractivity contribution < 1.29 is 9.53 Å². The van der Waals surface area contributed by atoms with Gasteiger partial charge in [-0.15, -0.1) is 0 Å². The average Bonchev–Trinajstić information content (AvgIpc) is 2.42. The SMILES string of the molecule is CNC(=O)Cc1ccc(NC2CCCOC2)cc1. The number of nitrogens with one attached hydrogen (secondary N) is 2. The molecule has 18 heavy (non-hydrogen) atoms. The topological polar surface area (TPSA) is 50.4 Å². The number of carbonyl (C=O) groups excluding carboxylic acids is 1. The van der Waals surface area contributed by atoms with Gasteiger partial charge in [-0.25, -0.2) is 0 Å². The van der Waals surface area contributed by atoms with E-state index >= 15 is 0 Å². The summed E-state index contributed by atoms with van der Waals surface area (Å²) in [5, 5.41) is 6.07. The number of hydrogen-bond acceptors (Lipinski definition) is 3. The molecule has 1 amide bonds. The lowest BCUT2D eigenvalue weighted by molar-refractivity contribution is -0.119. The van der Waals surface area contributed by atoms with Gasteiger partial charge in [0.05, 0.1) is 13.0 Å². The Morgan fingerprint density at radius 2 is 2.17 bits per heavy atom. The first-order valence-electron chi connectivity index (χ1n) is 6.42. The van der Waals surface area contributed by atoms with E-state index < -0.39 is 0 Å².